The number of ketones is 1. The van der Waals surface area contributed by atoms with Crippen molar-refractivity contribution in [3.8, 4) is 0 Å². The minimum absolute atomic E-state index is 0.114. The molecule has 3 rings (SSSR count). The van der Waals surface area contributed by atoms with Crippen LogP contribution in [-0.2, 0) is 14.8 Å². The normalized spacial score (nSPS) is 22.3. The second-order valence-electron chi connectivity index (χ2n) is 7.43. The number of nitrogens with zero attached hydrogens (tertiary/aromatic N) is 1. The number of hydrogen-bond acceptors (Lipinski definition) is 4. The highest BCUT2D eigenvalue weighted by Gasteiger charge is 2.41. The minimum atomic E-state index is -3.48. The van der Waals surface area contributed by atoms with E-state index in [4.69, 9.17) is 0 Å². The predicted octanol–water partition coefficient (Wildman–Crippen LogP) is 2.50. The van der Waals surface area contributed by atoms with Crippen LogP contribution in [0.4, 0.5) is 0 Å². The van der Waals surface area contributed by atoms with E-state index in [1.54, 1.807) is 24.3 Å². The van der Waals surface area contributed by atoms with Crippen molar-refractivity contribution in [3.63, 3.8) is 0 Å². The average Bonchev–Trinajstić information content (AvgIpc) is 2.73. The summed E-state index contributed by atoms with van der Waals surface area (Å²) in [5.74, 6) is -0.542. The maximum absolute atomic E-state index is 13.1. The molecule has 6 nitrogen and oxygen atoms in total. The maximum Gasteiger partial charge on any atom is 0.238 e. The van der Waals surface area contributed by atoms with Crippen LogP contribution in [0.5, 0.6) is 0 Å². The first-order chi connectivity index (χ1) is 13.0. The van der Waals surface area contributed by atoms with Gasteiger partial charge in [0.2, 0.25) is 15.9 Å². The number of benzene rings is 1. The van der Waals surface area contributed by atoms with Crippen molar-refractivity contribution in [2.24, 2.45) is 0 Å². The SMILES string of the molecule is O=C(CNC(=O)C1CCCCN1S(=O)(=O)C1CCCCC1)c1ccccc1. The van der Waals surface area contributed by atoms with E-state index in [9.17, 15) is 18.0 Å². The van der Waals surface area contributed by atoms with E-state index in [1.807, 2.05) is 6.07 Å². The van der Waals surface area contributed by atoms with Gasteiger partial charge in [0.25, 0.3) is 0 Å². The van der Waals surface area contributed by atoms with Crippen LogP contribution < -0.4 is 5.32 Å². The van der Waals surface area contributed by atoms with Crippen LogP contribution in [0, 0.1) is 0 Å². The largest absolute Gasteiger partial charge is 0.347 e. The van der Waals surface area contributed by atoms with Gasteiger partial charge in [-0.15, -0.1) is 0 Å². The van der Waals surface area contributed by atoms with Crippen molar-refractivity contribution in [2.75, 3.05) is 13.1 Å². The number of Topliss-reactive ketones (excluding diaryl/α,β-unsaturated/α-hetero) is 1. The first-order valence-electron chi connectivity index (χ1n) is 9.87. The first kappa shape index (κ1) is 20.0. The molecule has 1 heterocycles. The van der Waals surface area contributed by atoms with Crippen LogP contribution in [0.15, 0.2) is 30.3 Å². The number of carbonyl (C=O) groups excluding carboxylic acids is 2. The molecule has 1 N–H and O–H groups in total. The summed E-state index contributed by atoms with van der Waals surface area (Å²) in [6, 6.07) is 8.08. The number of rotatable bonds is 6. The lowest BCUT2D eigenvalue weighted by Crippen LogP contribution is -2.54. The standard InChI is InChI=1S/C20H28N2O4S/c23-19(16-9-3-1-4-10-16)15-21-20(24)18-13-7-8-14-22(18)27(25,26)17-11-5-2-6-12-17/h1,3-4,9-10,17-18H,2,5-8,11-15H2,(H,21,24). The zero-order chi connectivity index (χ0) is 19.3. The van der Waals surface area contributed by atoms with Gasteiger partial charge in [0.05, 0.1) is 11.8 Å². The Morgan fingerprint density at radius 1 is 0.963 bits per heavy atom. The molecule has 148 valence electrons. The molecule has 2 aliphatic rings. The lowest BCUT2D eigenvalue weighted by Gasteiger charge is -2.37. The molecule has 1 saturated carbocycles. The summed E-state index contributed by atoms with van der Waals surface area (Å²) >= 11 is 0. The fourth-order valence-electron chi connectivity index (χ4n) is 4.04. The van der Waals surface area contributed by atoms with E-state index in [0.29, 0.717) is 31.4 Å². The number of nitrogens with one attached hydrogen (secondary N) is 1. The van der Waals surface area contributed by atoms with E-state index in [2.05, 4.69) is 5.32 Å². The van der Waals surface area contributed by atoms with Gasteiger partial charge in [-0.1, -0.05) is 56.0 Å². The van der Waals surface area contributed by atoms with Crippen LogP contribution in [0.25, 0.3) is 0 Å². The van der Waals surface area contributed by atoms with E-state index >= 15 is 0 Å². The molecule has 7 heteroatoms. The first-order valence-corrected chi connectivity index (χ1v) is 11.4. The van der Waals surface area contributed by atoms with Crippen molar-refractivity contribution < 1.29 is 18.0 Å². The lowest BCUT2D eigenvalue weighted by molar-refractivity contribution is -0.125. The van der Waals surface area contributed by atoms with Crippen LogP contribution in [0.1, 0.15) is 61.7 Å². The molecule has 1 unspecified atom stereocenters. The van der Waals surface area contributed by atoms with E-state index < -0.39 is 16.1 Å². The number of sulfonamides is 1. The highest BCUT2D eigenvalue weighted by atomic mass is 32.2. The fraction of sp³-hybridized carbons (Fsp3) is 0.600. The summed E-state index contributed by atoms with van der Waals surface area (Å²) in [6.45, 7) is 0.278. The van der Waals surface area contributed by atoms with Crippen LogP contribution >= 0.6 is 0 Å². The monoisotopic (exact) mass is 392 g/mol. The molecule has 1 aliphatic carbocycles. The number of piperidine rings is 1. The number of amides is 1. The Bertz CT molecular complexity index is 757. The lowest BCUT2D eigenvalue weighted by atomic mass is 10.0. The fourth-order valence-corrected chi connectivity index (χ4v) is 6.29. The summed E-state index contributed by atoms with van der Waals surface area (Å²) in [7, 11) is -3.48. The Morgan fingerprint density at radius 3 is 2.33 bits per heavy atom. The molecule has 0 spiro atoms. The zero-order valence-corrected chi connectivity index (χ0v) is 16.4. The van der Waals surface area contributed by atoms with Gasteiger partial charge in [-0.2, -0.15) is 4.31 Å². The molecule has 1 saturated heterocycles. The van der Waals surface area contributed by atoms with Crippen LogP contribution in [-0.4, -0.2) is 48.8 Å². The second kappa shape index (κ2) is 8.97. The number of hydrogen-bond donors (Lipinski definition) is 1. The molecular formula is C20H28N2O4S. The van der Waals surface area contributed by atoms with Gasteiger partial charge in [-0.25, -0.2) is 8.42 Å². The maximum atomic E-state index is 13.1. The molecule has 0 radical (unpaired) electrons. The molecule has 0 aromatic heterocycles. The summed E-state index contributed by atoms with van der Waals surface area (Å²) in [6.07, 6.45) is 6.41. The van der Waals surface area contributed by atoms with Gasteiger partial charge in [0.1, 0.15) is 6.04 Å². The molecule has 2 fully saturated rings. The molecule has 1 atom stereocenters. The Hall–Kier alpha value is -1.73. The molecule has 1 aromatic carbocycles. The van der Waals surface area contributed by atoms with Gasteiger partial charge < -0.3 is 5.32 Å². The third-order valence-corrected chi connectivity index (χ3v) is 7.98. The Labute approximate surface area is 161 Å². The summed E-state index contributed by atoms with van der Waals surface area (Å²) in [4.78, 5) is 24.9. The van der Waals surface area contributed by atoms with E-state index in [-0.39, 0.29) is 23.5 Å². The van der Waals surface area contributed by atoms with E-state index in [1.165, 1.54) is 4.31 Å². The summed E-state index contributed by atoms with van der Waals surface area (Å²) in [5.41, 5.74) is 0.535. The Morgan fingerprint density at radius 2 is 1.63 bits per heavy atom. The number of carbonyl (C=O) groups is 2. The molecule has 1 aromatic rings. The van der Waals surface area contributed by atoms with Gasteiger partial charge in [0.15, 0.2) is 5.78 Å². The minimum Gasteiger partial charge on any atom is -0.347 e. The van der Waals surface area contributed by atoms with Gasteiger partial charge in [-0.05, 0) is 25.7 Å². The molecule has 1 amide bonds. The molecular weight excluding hydrogens is 364 g/mol. The molecule has 0 bridgehead atoms. The van der Waals surface area contributed by atoms with Crippen LogP contribution in [0.3, 0.4) is 0 Å². The van der Waals surface area contributed by atoms with Crippen molar-refractivity contribution in [3.05, 3.63) is 35.9 Å². The van der Waals surface area contributed by atoms with Crippen LogP contribution in [0.2, 0.25) is 0 Å². The highest BCUT2D eigenvalue weighted by Crippen LogP contribution is 2.30. The van der Waals surface area contributed by atoms with Gasteiger partial charge in [0, 0.05) is 12.1 Å². The molecule has 1 aliphatic heterocycles. The van der Waals surface area contributed by atoms with E-state index in [0.717, 1.165) is 32.1 Å². The van der Waals surface area contributed by atoms with Gasteiger partial charge in [-0.3, -0.25) is 9.59 Å². The van der Waals surface area contributed by atoms with Crippen molar-refractivity contribution in [1.82, 2.24) is 9.62 Å². The average molecular weight is 393 g/mol. The zero-order valence-electron chi connectivity index (χ0n) is 15.6. The Kier molecular flexibility index (Phi) is 6.65. The second-order valence-corrected chi connectivity index (χ2v) is 9.60. The topological polar surface area (TPSA) is 83.6 Å². The highest BCUT2D eigenvalue weighted by molar-refractivity contribution is 7.89. The quantitative estimate of drug-likeness (QED) is 0.754. The van der Waals surface area contributed by atoms with Gasteiger partial charge >= 0.3 is 0 Å². The van der Waals surface area contributed by atoms with Crippen molar-refractivity contribution >= 4 is 21.7 Å². The molecule has 27 heavy (non-hydrogen) atoms. The third-order valence-electron chi connectivity index (χ3n) is 5.58. The predicted molar refractivity (Wildman–Crippen MR) is 104 cm³/mol. The summed E-state index contributed by atoms with van der Waals surface area (Å²) in [5, 5.41) is 2.29. The third kappa shape index (κ3) is 4.76. The van der Waals surface area contributed by atoms with Crippen molar-refractivity contribution in [2.45, 2.75) is 62.7 Å². The Balaban J connectivity index is 1.65. The summed E-state index contributed by atoms with van der Waals surface area (Å²) < 4.78 is 27.6. The smallest absolute Gasteiger partial charge is 0.238 e. The van der Waals surface area contributed by atoms with Crippen molar-refractivity contribution in [1.29, 1.82) is 0 Å².